The van der Waals surface area contributed by atoms with Crippen LogP contribution in [0.25, 0.3) is 0 Å². The minimum Gasteiger partial charge on any atom is -0.748 e. The third-order valence-electron chi connectivity index (χ3n) is 0.756. The Morgan fingerprint density at radius 1 is 1.64 bits per heavy atom. The van der Waals surface area contributed by atoms with Crippen molar-refractivity contribution < 1.29 is 52.4 Å². The molecule has 0 amide bonds. The van der Waals surface area contributed by atoms with Gasteiger partial charge in [-0.1, -0.05) is 0 Å². The monoisotopic (exact) mass is 192 g/mol. The second kappa shape index (κ2) is 6.36. The summed E-state index contributed by atoms with van der Waals surface area (Å²) < 4.78 is 34.2. The second-order valence-electron chi connectivity index (χ2n) is 1.83. The van der Waals surface area contributed by atoms with Crippen molar-refractivity contribution in [3.8, 4) is 0 Å². The van der Waals surface area contributed by atoms with Crippen molar-refractivity contribution in [2.75, 3.05) is 19.5 Å². The summed E-state index contributed by atoms with van der Waals surface area (Å²) in [4.78, 5) is 0. The third-order valence-corrected chi connectivity index (χ3v) is 1.55. The van der Waals surface area contributed by atoms with E-state index in [0.29, 0.717) is 0 Å². The third kappa shape index (κ3) is 10.8. The van der Waals surface area contributed by atoms with Crippen LogP contribution >= 0.6 is 0 Å². The molecule has 0 aliphatic heterocycles. The summed E-state index contributed by atoms with van der Waals surface area (Å²) in [6, 6.07) is 0. The normalized spacial score (nSPS) is 13.7. The number of ether oxygens (including phenoxy) is 1. The van der Waals surface area contributed by atoms with E-state index in [-0.39, 0.29) is 36.2 Å². The minimum absolute atomic E-state index is 0. The topological polar surface area (TPSA) is 86.7 Å². The Kier molecular flexibility index (Phi) is 8.30. The van der Waals surface area contributed by atoms with Crippen LogP contribution in [0.5, 0.6) is 0 Å². The zero-order valence-electron chi connectivity index (χ0n) is 6.48. The first-order valence-corrected chi connectivity index (χ1v) is 4.14. The fraction of sp³-hybridized carbons (Fsp3) is 1.00. The van der Waals surface area contributed by atoms with Crippen LogP contribution in [-0.2, 0) is 14.9 Å². The van der Waals surface area contributed by atoms with Crippen LogP contribution in [0.3, 0.4) is 0 Å². The Morgan fingerprint density at radius 2 is 2.09 bits per heavy atom. The van der Waals surface area contributed by atoms with Crippen molar-refractivity contribution >= 4 is 10.1 Å². The van der Waals surface area contributed by atoms with Gasteiger partial charge in [-0.25, -0.2) is 8.42 Å². The number of hydrogen-bond donors (Lipinski definition) is 1. The van der Waals surface area contributed by atoms with E-state index in [0.717, 1.165) is 0 Å². The summed E-state index contributed by atoms with van der Waals surface area (Å²) in [7, 11) is -3.02. The maximum absolute atomic E-state index is 9.95. The van der Waals surface area contributed by atoms with Gasteiger partial charge in [0.1, 0.15) is 0 Å². The van der Waals surface area contributed by atoms with Crippen molar-refractivity contribution in [3.63, 3.8) is 0 Å². The summed E-state index contributed by atoms with van der Waals surface area (Å²) in [5.74, 6) is -0.791. The zero-order valence-corrected chi connectivity index (χ0v) is 9.30. The van der Waals surface area contributed by atoms with E-state index in [1.54, 1.807) is 0 Å². The van der Waals surface area contributed by atoms with Gasteiger partial charge in [-0.15, -0.1) is 0 Å². The number of methoxy groups -OCH3 is 1. The summed E-state index contributed by atoms with van der Waals surface area (Å²) in [5, 5.41) is 8.68. The van der Waals surface area contributed by atoms with Crippen molar-refractivity contribution in [1.82, 2.24) is 0 Å². The van der Waals surface area contributed by atoms with Gasteiger partial charge in [0, 0.05) is 7.11 Å². The van der Waals surface area contributed by atoms with Crippen molar-refractivity contribution in [2.24, 2.45) is 0 Å². The van der Waals surface area contributed by atoms with Gasteiger partial charge in [0.15, 0.2) is 0 Å². The Hall–Kier alpha value is 0.830. The molecule has 7 heteroatoms. The van der Waals surface area contributed by atoms with Gasteiger partial charge in [-0.05, 0) is 0 Å². The van der Waals surface area contributed by atoms with Crippen molar-refractivity contribution in [1.29, 1.82) is 0 Å². The molecule has 0 bridgehead atoms. The maximum atomic E-state index is 9.95. The van der Waals surface area contributed by atoms with Crippen molar-refractivity contribution in [3.05, 3.63) is 0 Å². The van der Waals surface area contributed by atoms with Crippen LogP contribution in [0.2, 0.25) is 0 Å². The fourth-order valence-electron chi connectivity index (χ4n) is 0.476. The molecule has 11 heavy (non-hydrogen) atoms. The molecule has 5 nitrogen and oxygen atoms in total. The molecule has 0 heterocycles. The van der Waals surface area contributed by atoms with E-state index in [1.807, 2.05) is 0 Å². The van der Waals surface area contributed by atoms with Gasteiger partial charge in [0.2, 0.25) is 0 Å². The quantitative estimate of drug-likeness (QED) is 0.358. The average Bonchev–Trinajstić information content (AvgIpc) is 1.59. The Morgan fingerprint density at radius 3 is 2.36 bits per heavy atom. The molecule has 62 valence electrons. The van der Waals surface area contributed by atoms with Crippen LogP contribution in [0.15, 0.2) is 0 Å². The van der Waals surface area contributed by atoms with Gasteiger partial charge >= 0.3 is 29.6 Å². The summed E-state index contributed by atoms with van der Waals surface area (Å²) in [6.07, 6.45) is -1.22. The van der Waals surface area contributed by atoms with Crippen LogP contribution in [0.4, 0.5) is 0 Å². The standard InChI is InChI=1S/C4H10O5S.Na/c1-9-2-4(5)3-10(6,7)8;/h4-5H,2-3H2,1H3,(H,6,7,8);/q;+1/p-1. The van der Waals surface area contributed by atoms with Gasteiger partial charge in [-0.3, -0.25) is 0 Å². The first-order valence-electron chi connectivity index (χ1n) is 2.56. The molecule has 0 saturated heterocycles. The molecular formula is C4H9NaO5S. The number of aliphatic hydroxyl groups excluding tert-OH is 1. The molecule has 0 spiro atoms. The van der Waals surface area contributed by atoms with Crippen molar-refractivity contribution in [2.45, 2.75) is 6.10 Å². The maximum Gasteiger partial charge on any atom is 1.00 e. The van der Waals surface area contributed by atoms with E-state index in [1.165, 1.54) is 7.11 Å². The molecule has 0 aliphatic carbocycles. The summed E-state index contributed by atoms with van der Waals surface area (Å²) in [6.45, 7) is -0.137. The van der Waals surface area contributed by atoms with E-state index in [9.17, 15) is 13.0 Å². The summed E-state index contributed by atoms with van der Waals surface area (Å²) >= 11 is 0. The van der Waals surface area contributed by atoms with E-state index >= 15 is 0 Å². The predicted molar refractivity (Wildman–Crippen MR) is 32.4 cm³/mol. The Balaban J connectivity index is 0. The van der Waals surface area contributed by atoms with E-state index in [4.69, 9.17) is 5.11 Å². The molecule has 0 radical (unpaired) electrons. The van der Waals surface area contributed by atoms with Gasteiger partial charge in [0.05, 0.1) is 28.6 Å². The molecule has 1 atom stereocenters. The molecule has 0 rings (SSSR count). The minimum atomic E-state index is -4.33. The average molecular weight is 192 g/mol. The second-order valence-corrected chi connectivity index (χ2v) is 3.28. The predicted octanol–water partition coefficient (Wildman–Crippen LogP) is -4.46. The van der Waals surface area contributed by atoms with Gasteiger partial charge < -0.3 is 14.4 Å². The molecule has 0 aliphatic rings. The largest absolute Gasteiger partial charge is 1.00 e. The first-order chi connectivity index (χ1) is 4.45. The first kappa shape index (κ1) is 14.4. The van der Waals surface area contributed by atoms with E-state index in [2.05, 4.69) is 4.74 Å². The fourth-order valence-corrected chi connectivity index (χ4v) is 1.04. The smallest absolute Gasteiger partial charge is 0.748 e. The Bertz CT molecular complexity index is 177. The summed E-state index contributed by atoms with van der Waals surface area (Å²) in [5.41, 5.74) is 0. The molecule has 0 aromatic heterocycles. The molecule has 0 fully saturated rings. The number of hydrogen-bond acceptors (Lipinski definition) is 5. The van der Waals surface area contributed by atoms with Crippen LogP contribution < -0.4 is 29.6 Å². The van der Waals surface area contributed by atoms with Gasteiger partial charge in [-0.2, -0.15) is 0 Å². The SMILES string of the molecule is COCC(O)CS(=O)(=O)[O-].[Na+]. The molecule has 1 N–H and O–H groups in total. The molecule has 0 aromatic rings. The zero-order chi connectivity index (χ0) is 8.20. The van der Waals surface area contributed by atoms with Gasteiger partial charge in [0.25, 0.3) is 0 Å². The van der Waals surface area contributed by atoms with Crippen LogP contribution in [0, 0.1) is 0 Å². The number of aliphatic hydroxyl groups is 1. The molecule has 0 aromatic carbocycles. The molecular weight excluding hydrogens is 183 g/mol. The number of rotatable bonds is 4. The molecule has 1 unspecified atom stereocenters. The van der Waals surface area contributed by atoms with E-state index < -0.39 is 22.0 Å². The van der Waals surface area contributed by atoms with Crippen LogP contribution in [0.1, 0.15) is 0 Å². The molecule has 0 saturated carbocycles. The van der Waals surface area contributed by atoms with Crippen LogP contribution in [-0.4, -0.2) is 43.7 Å². The Labute approximate surface area is 87.8 Å².